The molecule has 0 bridgehead atoms. The van der Waals surface area contributed by atoms with Crippen LogP contribution in [-0.4, -0.2) is 34.8 Å². The number of nitrogens with one attached hydrogen (secondary N) is 2. The molecule has 2 atom stereocenters. The van der Waals surface area contributed by atoms with Gasteiger partial charge in [0.2, 0.25) is 10.0 Å². The number of nitrogens with zero attached hydrogens (tertiary/aromatic N) is 1. The van der Waals surface area contributed by atoms with E-state index in [1.54, 1.807) is 0 Å². The number of aryl methyl sites for hydroxylation is 1. The maximum atomic E-state index is 15.3. The zero-order valence-electron chi connectivity index (χ0n) is 22.8. The van der Waals surface area contributed by atoms with Gasteiger partial charge in [-0.05, 0) is 67.3 Å². The third-order valence-corrected chi connectivity index (χ3v) is 8.89. The minimum Gasteiger partial charge on any atom is -0.598 e. The molecule has 40 heavy (non-hydrogen) atoms. The van der Waals surface area contributed by atoms with Gasteiger partial charge in [0.1, 0.15) is 17.4 Å². The molecular formula is C28H33F2N3O5S2. The van der Waals surface area contributed by atoms with Gasteiger partial charge in [0.15, 0.2) is 5.78 Å². The van der Waals surface area contributed by atoms with E-state index in [0.717, 1.165) is 31.0 Å². The summed E-state index contributed by atoms with van der Waals surface area (Å²) in [5, 5.41) is 0. The van der Waals surface area contributed by atoms with E-state index in [0.29, 0.717) is 23.3 Å². The number of carbonyl (C=O) groups excluding carboxylic acids is 1. The standard InChI is InChI=1S/C28H33F2N3O5S2/c1-5-8-13-39(36)31-25(6-2)21-16-27(34)33(4)17-23(21)20-15-26(32-40(37,38)7-3)24(30)14-22(20)28(35)18-9-11-19(29)12-10-18/h9-12,14-17,25,31-32H,5-8,13H2,1-4H3/t25-,39-/m0/s1. The van der Waals surface area contributed by atoms with Crippen molar-refractivity contribution >= 4 is 32.9 Å². The van der Waals surface area contributed by atoms with E-state index in [1.165, 1.54) is 49.0 Å². The summed E-state index contributed by atoms with van der Waals surface area (Å²) in [6, 6.07) is 7.67. The zero-order valence-corrected chi connectivity index (χ0v) is 24.4. The Balaban J connectivity index is 2.30. The Morgan fingerprint density at radius 2 is 1.75 bits per heavy atom. The number of hydrogen-bond acceptors (Lipinski definition) is 6. The summed E-state index contributed by atoms with van der Waals surface area (Å²) in [7, 11) is -2.37. The quantitative estimate of drug-likeness (QED) is 0.216. The number of anilines is 1. The van der Waals surface area contributed by atoms with Crippen molar-refractivity contribution in [2.24, 2.45) is 7.05 Å². The van der Waals surface area contributed by atoms with Crippen molar-refractivity contribution in [2.45, 2.75) is 46.1 Å². The minimum atomic E-state index is -3.88. The van der Waals surface area contributed by atoms with Crippen molar-refractivity contribution in [3.8, 4) is 11.1 Å². The Morgan fingerprint density at radius 1 is 1.07 bits per heavy atom. The fraction of sp³-hybridized carbons (Fsp3) is 0.357. The molecule has 0 saturated carbocycles. The number of sulfonamides is 1. The summed E-state index contributed by atoms with van der Waals surface area (Å²) < 4.78 is 72.7. The molecular weight excluding hydrogens is 560 g/mol. The molecule has 0 unspecified atom stereocenters. The van der Waals surface area contributed by atoms with E-state index < -0.39 is 44.8 Å². The molecule has 0 aliphatic rings. The molecule has 0 aliphatic heterocycles. The highest BCUT2D eigenvalue weighted by Gasteiger charge is 2.26. The Labute approximate surface area is 236 Å². The molecule has 8 nitrogen and oxygen atoms in total. The fourth-order valence-corrected chi connectivity index (χ4v) is 5.99. The first kappa shape index (κ1) is 31.5. The average molecular weight is 594 g/mol. The predicted octanol–water partition coefficient (Wildman–Crippen LogP) is 4.83. The van der Waals surface area contributed by atoms with Gasteiger partial charge < -0.3 is 9.12 Å². The molecule has 3 rings (SSSR count). The third kappa shape index (κ3) is 7.57. The fourth-order valence-electron chi connectivity index (χ4n) is 4.08. The van der Waals surface area contributed by atoms with E-state index in [2.05, 4.69) is 9.44 Å². The van der Waals surface area contributed by atoms with Gasteiger partial charge in [-0.15, -0.1) is 4.72 Å². The van der Waals surface area contributed by atoms with Crippen LogP contribution in [-0.2, 0) is 28.4 Å². The Bertz CT molecular complexity index is 1530. The summed E-state index contributed by atoms with van der Waals surface area (Å²) in [6.45, 7) is 5.22. The highest BCUT2D eigenvalue weighted by atomic mass is 32.2. The van der Waals surface area contributed by atoms with E-state index in [9.17, 15) is 27.0 Å². The lowest BCUT2D eigenvalue weighted by atomic mass is 9.89. The predicted molar refractivity (Wildman–Crippen MR) is 154 cm³/mol. The number of pyridine rings is 1. The van der Waals surface area contributed by atoms with E-state index >= 15 is 4.39 Å². The number of ketones is 1. The summed E-state index contributed by atoms with van der Waals surface area (Å²) >= 11 is -1.41. The van der Waals surface area contributed by atoms with E-state index in [-0.39, 0.29) is 33.7 Å². The summed E-state index contributed by atoms with van der Waals surface area (Å²) in [4.78, 5) is 26.3. The van der Waals surface area contributed by atoms with Gasteiger partial charge in [0.25, 0.3) is 5.56 Å². The topological polar surface area (TPSA) is 120 Å². The number of halogens is 2. The second-order valence-electron chi connectivity index (χ2n) is 9.29. The second kappa shape index (κ2) is 13.5. The highest BCUT2D eigenvalue weighted by Crippen LogP contribution is 2.36. The minimum absolute atomic E-state index is 0.0844. The number of hydrogen-bond donors (Lipinski definition) is 2. The third-order valence-electron chi connectivity index (χ3n) is 6.39. The first-order chi connectivity index (χ1) is 18.9. The largest absolute Gasteiger partial charge is 0.598 e. The second-order valence-corrected chi connectivity index (χ2v) is 12.6. The van der Waals surface area contributed by atoms with Crippen LogP contribution in [0.25, 0.3) is 11.1 Å². The van der Waals surface area contributed by atoms with Crippen molar-refractivity contribution < 1.29 is 26.5 Å². The number of carbonyl (C=O) groups is 1. The molecule has 0 spiro atoms. The lowest BCUT2D eigenvalue weighted by Gasteiger charge is -2.23. The van der Waals surface area contributed by atoms with Crippen molar-refractivity contribution in [1.82, 2.24) is 9.29 Å². The van der Waals surface area contributed by atoms with Crippen LogP contribution >= 0.6 is 0 Å². The van der Waals surface area contributed by atoms with Crippen molar-refractivity contribution in [1.29, 1.82) is 0 Å². The number of rotatable bonds is 13. The summed E-state index contributed by atoms with van der Waals surface area (Å²) in [5.41, 5.74) is 0.135. The Morgan fingerprint density at radius 3 is 2.35 bits per heavy atom. The Kier molecular flexibility index (Phi) is 10.6. The molecule has 0 radical (unpaired) electrons. The lowest BCUT2D eigenvalue weighted by molar-refractivity contribution is 0.103. The molecule has 0 fully saturated rings. The molecule has 0 amide bonds. The number of aromatic nitrogens is 1. The molecule has 3 aromatic rings. The van der Waals surface area contributed by atoms with Crippen LogP contribution in [0.1, 0.15) is 67.6 Å². The van der Waals surface area contributed by atoms with Gasteiger partial charge in [-0.1, -0.05) is 20.3 Å². The van der Waals surface area contributed by atoms with Gasteiger partial charge >= 0.3 is 0 Å². The van der Waals surface area contributed by atoms with Crippen molar-refractivity contribution in [3.05, 3.63) is 87.3 Å². The molecule has 0 aliphatic carbocycles. The van der Waals surface area contributed by atoms with Gasteiger partial charge in [-0.3, -0.25) is 14.3 Å². The van der Waals surface area contributed by atoms with Crippen LogP contribution < -0.4 is 15.0 Å². The Hall–Kier alpha value is -3.06. The molecule has 1 aromatic heterocycles. The van der Waals surface area contributed by atoms with Crippen molar-refractivity contribution in [3.63, 3.8) is 0 Å². The molecule has 2 aromatic carbocycles. The van der Waals surface area contributed by atoms with Gasteiger partial charge in [0.05, 0.1) is 17.5 Å². The van der Waals surface area contributed by atoms with E-state index in [4.69, 9.17) is 0 Å². The lowest BCUT2D eigenvalue weighted by Crippen LogP contribution is -2.32. The average Bonchev–Trinajstić information content (AvgIpc) is 2.92. The monoisotopic (exact) mass is 593 g/mol. The summed E-state index contributed by atoms with van der Waals surface area (Å²) in [5.74, 6) is -2.08. The molecule has 12 heteroatoms. The zero-order chi connectivity index (χ0) is 29.6. The van der Waals surface area contributed by atoms with Gasteiger partial charge in [-0.25, -0.2) is 17.2 Å². The van der Waals surface area contributed by atoms with Crippen LogP contribution in [0.5, 0.6) is 0 Å². The van der Waals surface area contributed by atoms with Gasteiger partial charge in [-0.2, -0.15) is 0 Å². The smallest absolute Gasteiger partial charge is 0.250 e. The van der Waals surface area contributed by atoms with Crippen LogP contribution in [0.15, 0.2) is 53.5 Å². The van der Waals surface area contributed by atoms with Crippen LogP contribution in [0.3, 0.4) is 0 Å². The normalized spacial score (nSPS) is 13.2. The van der Waals surface area contributed by atoms with Gasteiger partial charge in [0, 0.05) is 47.4 Å². The summed E-state index contributed by atoms with van der Waals surface area (Å²) in [6.07, 6.45) is 3.48. The molecule has 216 valence electrons. The number of benzene rings is 2. The number of unbranched alkanes of at least 4 members (excludes halogenated alkanes) is 1. The first-order valence-corrected chi connectivity index (χ1v) is 15.9. The first-order valence-electron chi connectivity index (χ1n) is 12.9. The van der Waals surface area contributed by atoms with Crippen molar-refractivity contribution in [2.75, 3.05) is 16.2 Å². The SMILES string of the molecule is CCCC[S@+]([O-])N[C@@H](CC)c1cc(=O)n(C)cc1-c1cc(NS(=O)(=O)CC)c(F)cc1C(=O)c1ccc(F)cc1. The van der Waals surface area contributed by atoms with Crippen LogP contribution in [0.4, 0.5) is 14.5 Å². The maximum absolute atomic E-state index is 15.3. The van der Waals surface area contributed by atoms with Crippen LogP contribution in [0, 0.1) is 11.6 Å². The molecule has 1 heterocycles. The highest BCUT2D eigenvalue weighted by molar-refractivity contribution is 7.92. The van der Waals surface area contributed by atoms with E-state index in [1.807, 2.05) is 13.8 Å². The maximum Gasteiger partial charge on any atom is 0.250 e. The molecule has 0 saturated heterocycles. The molecule has 2 N–H and O–H groups in total. The van der Waals surface area contributed by atoms with Crippen LogP contribution in [0.2, 0.25) is 0 Å².